The van der Waals surface area contributed by atoms with E-state index in [-0.39, 0.29) is 61.1 Å². The van der Waals surface area contributed by atoms with Gasteiger partial charge in [-0.1, -0.05) is 62.6 Å². The van der Waals surface area contributed by atoms with Gasteiger partial charge in [0, 0.05) is 64.8 Å². The van der Waals surface area contributed by atoms with Crippen molar-refractivity contribution in [1.29, 1.82) is 0 Å². The number of rotatable bonds is 22. The number of hydrogen-bond donors (Lipinski definition) is 8. The zero-order valence-electron chi connectivity index (χ0n) is 51.9. The van der Waals surface area contributed by atoms with Crippen LogP contribution >= 0.6 is 11.6 Å². The predicted octanol–water partition coefficient (Wildman–Crippen LogP) is 5.14. The Hall–Kier alpha value is -7.79. The Kier molecular flexibility index (Phi) is 24.0. The Balaban J connectivity index is 1.21. The number of unbranched alkanes of at least 4 members (excludes halogenated alkanes) is 2. The van der Waals surface area contributed by atoms with Crippen molar-refractivity contribution in [3.05, 3.63) is 88.0 Å². The number of hydrogen-bond acceptors (Lipinski definition) is 16. The summed E-state index contributed by atoms with van der Waals surface area (Å²) in [7, 11) is 5.25. The summed E-state index contributed by atoms with van der Waals surface area (Å²) in [6, 6.07) is 0.481. The number of aliphatic hydroxyl groups excluding tert-OH is 1. The lowest BCUT2D eigenvalue weighted by atomic mass is 9.83. The first kappa shape index (κ1) is 71.3. The first-order valence-corrected chi connectivity index (χ1v) is 29.8. The summed E-state index contributed by atoms with van der Waals surface area (Å²) in [6.45, 7) is 9.71. The Bertz CT molecular complexity index is 3130. The van der Waals surface area contributed by atoms with Crippen molar-refractivity contribution in [3.8, 4) is 5.75 Å². The number of amides is 9. The maximum absolute atomic E-state index is 15.1. The molecule has 9 N–H and O–H groups in total. The molecule has 4 bridgehead atoms. The number of likely N-dealkylation sites (N-methyl/N-ethyl adjacent to an activating group) is 1. The van der Waals surface area contributed by atoms with E-state index in [4.69, 9.17) is 41.0 Å². The molecule has 2 aromatic carbocycles. The van der Waals surface area contributed by atoms with Crippen LogP contribution in [-0.2, 0) is 60.3 Å². The molecule has 494 valence electrons. The van der Waals surface area contributed by atoms with Gasteiger partial charge in [0.25, 0.3) is 5.91 Å². The number of esters is 1. The van der Waals surface area contributed by atoms with Gasteiger partial charge in [-0.25, -0.2) is 14.4 Å². The Morgan fingerprint density at radius 1 is 1.00 bits per heavy atom. The monoisotopic (exact) mass is 1290 g/mol. The van der Waals surface area contributed by atoms with Gasteiger partial charge in [-0.05, 0) is 101 Å². The van der Waals surface area contributed by atoms with Crippen molar-refractivity contribution in [3.63, 3.8) is 0 Å². The number of halogens is 4. The third-order valence-electron chi connectivity index (χ3n) is 16.5. The number of anilines is 2. The van der Waals surface area contributed by atoms with E-state index in [1.165, 1.54) is 50.1 Å². The molecule has 0 aliphatic carbocycles. The van der Waals surface area contributed by atoms with Crippen LogP contribution in [0.5, 0.6) is 5.75 Å². The van der Waals surface area contributed by atoms with E-state index in [1.54, 1.807) is 58.1 Å². The molecule has 6 rings (SSSR count). The number of methoxy groups -OCH3 is 2. The standard InChI is InChI=1S/C61H81ClF3N9O16/c1-32(2)51(70-46(75)19-12-11-13-25-74-47(76)22-23-48(74)77)54(80)69-40(17-15-24-67-57(66)83)53(79)68-37-20-21-38(39(29-37)61(63,64)65)55(81)72(7)35(5)56(82)89-45-30-49(78)73(8)41-27-36(28-42(86-9)50(41)62)26-33(3)16-14-18-44(87-10)60(85)31-43(88-58(84)71-60)34(4)52-59(45,6)90-52/h14,16,18,20-23,27-29,32,34-35,40,43-45,47,51-52,76,85H,11-13,15,17,19,24-26,30-31H2,1-10H3,(H,68,79)(H,69,80)(H,70,75)(H,71,84)(H3,66,67,83)/b18-14+,33-16+/t34-,35+,40+,43+,44-,45+,47?,51+,52+,59+,60+/m1/s1. The number of nitrogens with two attached hydrogens (primary N) is 1. The molecule has 0 saturated carbocycles. The third kappa shape index (κ3) is 17.8. The Morgan fingerprint density at radius 3 is 2.34 bits per heavy atom. The number of benzene rings is 2. The molecule has 0 radical (unpaired) electrons. The van der Waals surface area contributed by atoms with Crippen LogP contribution in [0.2, 0.25) is 5.02 Å². The van der Waals surface area contributed by atoms with Crippen LogP contribution in [0, 0.1) is 11.8 Å². The number of alkyl carbamates (subject to hydrolysis) is 1. The number of alkyl halides is 3. The van der Waals surface area contributed by atoms with Gasteiger partial charge in [0.1, 0.15) is 59.0 Å². The molecule has 2 aromatic rings. The first-order chi connectivity index (χ1) is 42.2. The molecular formula is C61H81ClF3N9O16. The number of aliphatic hydroxyl groups is 2. The fraction of sp³-hybridized carbons (Fsp3) is 0.557. The van der Waals surface area contributed by atoms with Gasteiger partial charge < -0.3 is 75.6 Å². The molecule has 9 amide bonds. The molecular weight excluding hydrogens is 1210 g/mol. The SMILES string of the molecule is COc1cc2cc(c1Cl)N(C)C(=O)C[C@H](OC(=O)[C@H](C)N(C)C(=O)c1ccc(NC(=O)[C@H](CCCNC(N)=O)NC(=O)[C@@H](NC(=O)CCCCCN3C(=O)C=CC3O)C(C)C)cc1C(F)(F)F)[C@]1(C)O[C@H]1[C@H](C)[C@@H]1C[C@@](O)(NC(=O)O1)[C@H](OC)/C=C/C=C(\C)C2. The highest BCUT2D eigenvalue weighted by Gasteiger charge is 2.64. The summed E-state index contributed by atoms with van der Waals surface area (Å²) in [5.41, 5.74) is 0.455. The number of primary amides is 1. The molecule has 29 heteroatoms. The molecule has 2 fully saturated rings. The predicted molar refractivity (Wildman–Crippen MR) is 321 cm³/mol. The van der Waals surface area contributed by atoms with E-state index < -0.39 is 149 Å². The summed E-state index contributed by atoms with van der Waals surface area (Å²) >= 11 is 6.81. The van der Waals surface area contributed by atoms with E-state index in [9.17, 15) is 53.4 Å². The summed E-state index contributed by atoms with van der Waals surface area (Å²) in [5, 5.41) is 34.3. The molecule has 4 aliphatic heterocycles. The van der Waals surface area contributed by atoms with Crippen LogP contribution < -0.4 is 42.0 Å². The molecule has 0 spiro atoms. The van der Waals surface area contributed by atoms with Crippen molar-refractivity contribution in [1.82, 2.24) is 31.1 Å². The normalized spacial score (nSPS) is 25.5. The van der Waals surface area contributed by atoms with Crippen LogP contribution in [0.15, 0.2) is 66.3 Å². The fourth-order valence-corrected chi connectivity index (χ4v) is 11.3. The number of nitrogens with one attached hydrogen (secondary N) is 5. The summed E-state index contributed by atoms with van der Waals surface area (Å²) < 4.78 is 74.6. The number of epoxide rings is 1. The number of fused-ring (bicyclic) bond motifs is 5. The minimum Gasteiger partial charge on any atom is -0.495 e. The van der Waals surface area contributed by atoms with Gasteiger partial charge in [0.05, 0.1) is 36.4 Å². The largest absolute Gasteiger partial charge is 0.495 e. The second-order valence-electron chi connectivity index (χ2n) is 23.5. The van der Waals surface area contributed by atoms with Crippen LogP contribution in [0.1, 0.15) is 114 Å². The summed E-state index contributed by atoms with van der Waals surface area (Å²) in [6.07, 6.45) is -3.40. The van der Waals surface area contributed by atoms with Crippen molar-refractivity contribution in [2.75, 3.05) is 51.6 Å². The number of urea groups is 1. The van der Waals surface area contributed by atoms with E-state index in [0.29, 0.717) is 42.2 Å². The molecule has 4 heterocycles. The van der Waals surface area contributed by atoms with Crippen LogP contribution in [0.25, 0.3) is 0 Å². The Labute approximate surface area is 524 Å². The second-order valence-corrected chi connectivity index (χ2v) is 23.8. The highest BCUT2D eigenvalue weighted by molar-refractivity contribution is 6.35. The zero-order valence-corrected chi connectivity index (χ0v) is 52.6. The fourth-order valence-electron chi connectivity index (χ4n) is 11.0. The van der Waals surface area contributed by atoms with Crippen LogP contribution in [0.3, 0.4) is 0 Å². The van der Waals surface area contributed by atoms with Gasteiger partial charge in [-0.15, -0.1) is 0 Å². The van der Waals surface area contributed by atoms with Gasteiger partial charge >= 0.3 is 24.3 Å². The second kappa shape index (κ2) is 30.3. The van der Waals surface area contributed by atoms with Gasteiger partial charge in [-0.2, -0.15) is 13.2 Å². The van der Waals surface area contributed by atoms with Crippen molar-refractivity contribution < 1.29 is 90.2 Å². The maximum atomic E-state index is 15.1. The minimum absolute atomic E-state index is 0.00596. The average molecular weight is 1290 g/mol. The van der Waals surface area contributed by atoms with Gasteiger partial charge in [-0.3, -0.25) is 34.1 Å². The molecule has 25 nitrogen and oxygen atoms in total. The Morgan fingerprint density at radius 2 is 1.71 bits per heavy atom. The van der Waals surface area contributed by atoms with E-state index >= 15 is 13.2 Å². The average Bonchev–Trinajstić information content (AvgIpc) is 1.66. The minimum atomic E-state index is -5.25. The quantitative estimate of drug-likeness (QED) is 0.0430. The summed E-state index contributed by atoms with van der Waals surface area (Å²) in [5.74, 6) is -6.82. The third-order valence-corrected chi connectivity index (χ3v) is 16.8. The van der Waals surface area contributed by atoms with Gasteiger partial charge in [0.2, 0.25) is 29.5 Å². The topological polar surface area (TPSA) is 339 Å². The molecule has 11 atom stereocenters. The lowest BCUT2D eigenvalue weighted by Crippen LogP contribution is -2.63. The molecule has 0 aromatic heterocycles. The van der Waals surface area contributed by atoms with Crippen LogP contribution in [0.4, 0.5) is 34.1 Å². The van der Waals surface area contributed by atoms with E-state index in [1.807, 2.05) is 6.92 Å². The summed E-state index contributed by atoms with van der Waals surface area (Å²) in [4.78, 5) is 124. The molecule has 2 saturated heterocycles. The van der Waals surface area contributed by atoms with Crippen molar-refractivity contribution in [2.45, 2.75) is 166 Å². The van der Waals surface area contributed by atoms with Crippen molar-refractivity contribution in [2.24, 2.45) is 17.6 Å². The molecule has 4 aliphatic rings. The first-order valence-electron chi connectivity index (χ1n) is 29.4. The number of nitrogens with zero attached hydrogens (tertiary/aromatic N) is 3. The van der Waals surface area contributed by atoms with E-state index in [0.717, 1.165) is 24.8 Å². The number of ether oxygens (including phenoxy) is 5. The lowest BCUT2D eigenvalue weighted by molar-refractivity contribution is -0.158. The lowest BCUT2D eigenvalue weighted by Gasteiger charge is -2.42. The van der Waals surface area contributed by atoms with Crippen LogP contribution in [-0.4, -0.2) is 175 Å². The highest BCUT2D eigenvalue weighted by atomic mass is 35.5. The highest BCUT2D eigenvalue weighted by Crippen LogP contribution is 2.49. The zero-order chi connectivity index (χ0) is 66.7. The smallest absolute Gasteiger partial charge is 0.417 e. The number of carbonyl (C=O) groups is 9. The van der Waals surface area contributed by atoms with E-state index in [2.05, 4.69) is 26.6 Å². The van der Waals surface area contributed by atoms with Crippen molar-refractivity contribution >= 4 is 76.5 Å². The van der Waals surface area contributed by atoms with Gasteiger partial charge in [0.15, 0.2) is 5.72 Å². The molecule has 90 heavy (non-hydrogen) atoms. The number of carbonyl (C=O) groups excluding carboxylic acids is 9. The molecule has 1 unspecified atom stereocenters. The maximum Gasteiger partial charge on any atom is 0.417 e. The number of allylic oxidation sites excluding steroid dienone is 3.